The summed E-state index contributed by atoms with van der Waals surface area (Å²) < 4.78 is 0. The number of rotatable bonds is 6. The molecule has 0 fully saturated rings. The van der Waals surface area contributed by atoms with Crippen LogP contribution in [0.2, 0.25) is 5.02 Å². The van der Waals surface area contributed by atoms with Crippen LogP contribution in [0.1, 0.15) is 34.2 Å². The highest BCUT2D eigenvalue weighted by atomic mass is 35.5. The van der Waals surface area contributed by atoms with Gasteiger partial charge in [0.2, 0.25) is 0 Å². The largest absolute Gasteiger partial charge is 0.342 e. The number of benzene rings is 1. The number of aryl methyl sites for hydroxylation is 1. The molecule has 0 bridgehead atoms. The molecule has 1 aromatic heterocycles. The van der Waals surface area contributed by atoms with Gasteiger partial charge in [-0.1, -0.05) is 22.9 Å². The molecule has 0 saturated carbocycles. The van der Waals surface area contributed by atoms with Crippen molar-refractivity contribution in [2.75, 3.05) is 12.0 Å². The minimum Gasteiger partial charge on any atom is -0.342 e. The van der Waals surface area contributed by atoms with Gasteiger partial charge in [-0.05, 0) is 43.0 Å². The number of tetrazole rings is 1. The fraction of sp³-hybridized carbons (Fsp3) is 0.385. The number of aromatic amines is 1. The minimum atomic E-state index is -0.291. The van der Waals surface area contributed by atoms with Crippen LogP contribution in [-0.4, -0.2) is 38.5 Å². The van der Waals surface area contributed by atoms with Gasteiger partial charge in [-0.2, -0.15) is 17.0 Å². The summed E-state index contributed by atoms with van der Waals surface area (Å²) in [6, 6.07) is 5.05. The third-order valence-electron chi connectivity index (χ3n) is 2.96. The molecule has 21 heavy (non-hydrogen) atoms. The average Bonchev–Trinajstić information content (AvgIpc) is 2.97. The highest BCUT2D eigenvalue weighted by Crippen LogP contribution is 2.20. The lowest BCUT2D eigenvalue weighted by atomic mass is 10.1. The van der Waals surface area contributed by atoms with Crippen LogP contribution in [0, 0.1) is 6.92 Å². The first-order valence-electron chi connectivity index (χ1n) is 6.41. The summed E-state index contributed by atoms with van der Waals surface area (Å²) in [4.78, 5) is 12.4. The van der Waals surface area contributed by atoms with Crippen molar-refractivity contribution in [1.82, 2.24) is 25.9 Å². The van der Waals surface area contributed by atoms with Crippen molar-refractivity contribution >= 4 is 29.3 Å². The first-order chi connectivity index (χ1) is 10.1. The van der Waals surface area contributed by atoms with E-state index < -0.39 is 0 Å². The summed E-state index contributed by atoms with van der Waals surface area (Å²) >= 11 is 7.81. The van der Waals surface area contributed by atoms with Crippen LogP contribution in [-0.2, 0) is 0 Å². The molecule has 2 N–H and O–H groups in total. The third-order valence-corrected chi connectivity index (χ3v) is 3.92. The average molecular weight is 326 g/mol. The van der Waals surface area contributed by atoms with Gasteiger partial charge in [0, 0.05) is 0 Å². The van der Waals surface area contributed by atoms with E-state index >= 15 is 0 Å². The van der Waals surface area contributed by atoms with Crippen LogP contribution < -0.4 is 5.32 Å². The van der Waals surface area contributed by atoms with E-state index in [-0.39, 0.29) is 11.9 Å². The monoisotopic (exact) mass is 325 g/mol. The summed E-state index contributed by atoms with van der Waals surface area (Å²) in [5.74, 6) is 1.11. The number of nitrogens with one attached hydrogen (secondary N) is 2. The first kappa shape index (κ1) is 15.8. The van der Waals surface area contributed by atoms with E-state index in [9.17, 15) is 4.79 Å². The Kier molecular flexibility index (Phi) is 5.58. The van der Waals surface area contributed by atoms with Gasteiger partial charge < -0.3 is 5.32 Å². The van der Waals surface area contributed by atoms with Crippen LogP contribution in [0.15, 0.2) is 18.2 Å². The predicted molar refractivity (Wildman–Crippen MR) is 83.6 cm³/mol. The summed E-state index contributed by atoms with van der Waals surface area (Å²) in [6.07, 6.45) is 2.72. The van der Waals surface area contributed by atoms with E-state index in [0.717, 1.165) is 17.7 Å². The number of aromatic nitrogens is 4. The zero-order chi connectivity index (χ0) is 15.2. The van der Waals surface area contributed by atoms with Crippen LogP contribution in [0.25, 0.3) is 0 Å². The summed E-state index contributed by atoms with van der Waals surface area (Å²) in [5.41, 5.74) is 1.45. The maximum absolute atomic E-state index is 12.4. The predicted octanol–water partition coefficient (Wildman–Crippen LogP) is 2.39. The summed E-state index contributed by atoms with van der Waals surface area (Å²) in [6.45, 7) is 1.92. The van der Waals surface area contributed by atoms with E-state index in [1.54, 1.807) is 23.9 Å². The molecular formula is C13H16ClN5OS. The molecule has 2 rings (SSSR count). The van der Waals surface area contributed by atoms with Crippen molar-refractivity contribution < 1.29 is 4.79 Å². The maximum Gasteiger partial charge on any atom is 0.253 e. The van der Waals surface area contributed by atoms with Gasteiger partial charge in [-0.3, -0.25) is 4.79 Å². The zero-order valence-electron chi connectivity index (χ0n) is 11.8. The van der Waals surface area contributed by atoms with Crippen molar-refractivity contribution in [3.63, 3.8) is 0 Å². The van der Waals surface area contributed by atoms with Gasteiger partial charge in [0.05, 0.1) is 16.6 Å². The molecule has 0 unspecified atom stereocenters. The summed E-state index contributed by atoms with van der Waals surface area (Å²) in [7, 11) is 0. The number of carbonyl (C=O) groups is 1. The standard InChI is InChI=1S/C13H16ClN5OS/c1-8-3-4-9(10(14)7-8)13(20)15-11(5-6-21-2)12-16-18-19-17-12/h3-4,7,11H,5-6H2,1-2H3,(H,15,20)(H,16,17,18,19)/t11-/m0/s1. The second kappa shape index (κ2) is 7.42. The lowest BCUT2D eigenvalue weighted by Crippen LogP contribution is -2.30. The highest BCUT2D eigenvalue weighted by Gasteiger charge is 2.20. The summed E-state index contributed by atoms with van der Waals surface area (Å²) in [5, 5.41) is 17.2. The molecule has 1 aromatic carbocycles. The Balaban J connectivity index is 2.14. The van der Waals surface area contributed by atoms with Gasteiger partial charge in [0.1, 0.15) is 0 Å². The molecule has 1 heterocycles. The van der Waals surface area contributed by atoms with Crippen molar-refractivity contribution in [2.45, 2.75) is 19.4 Å². The maximum atomic E-state index is 12.4. The Bertz CT molecular complexity index is 605. The van der Waals surface area contributed by atoms with E-state index in [0.29, 0.717) is 16.4 Å². The molecule has 0 radical (unpaired) electrons. The smallest absolute Gasteiger partial charge is 0.253 e. The van der Waals surface area contributed by atoms with Gasteiger partial charge in [0.25, 0.3) is 5.91 Å². The fourth-order valence-corrected chi connectivity index (χ4v) is 2.65. The Hall–Kier alpha value is -1.60. The molecule has 8 heteroatoms. The SMILES string of the molecule is CSCC[C@H](NC(=O)c1ccc(C)cc1Cl)c1nn[nH]n1. The lowest BCUT2D eigenvalue weighted by molar-refractivity contribution is 0.0934. The van der Waals surface area contributed by atoms with Gasteiger partial charge in [0.15, 0.2) is 5.82 Å². The van der Waals surface area contributed by atoms with Gasteiger partial charge in [-0.25, -0.2) is 0 Å². The zero-order valence-corrected chi connectivity index (χ0v) is 13.3. The highest BCUT2D eigenvalue weighted by molar-refractivity contribution is 7.98. The first-order valence-corrected chi connectivity index (χ1v) is 8.18. The number of H-pyrrole nitrogens is 1. The number of amides is 1. The number of carbonyl (C=O) groups excluding carboxylic acids is 1. The normalized spacial score (nSPS) is 12.1. The van der Waals surface area contributed by atoms with Crippen molar-refractivity contribution in [3.05, 3.63) is 40.2 Å². The molecule has 6 nitrogen and oxygen atoms in total. The van der Waals surface area contributed by atoms with E-state index in [2.05, 4.69) is 25.9 Å². The number of nitrogens with zero attached hydrogens (tertiary/aromatic N) is 3. The molecule has 1 amide bonds. The number of thioether (sulfide) groups is 1. The Morgan fingerprint density at radius 3 is 2.95 bits per heavy atom. The molecule has 0 aliphatic heterocycles. The van der Waals surface area contributed by atoms with E-state index in [1.807, 2.05) is 19.2 Å². The van der Waals surface area contributed by atoms with Crippen molar-refractivity contribution in [3.8, 4) is 0 Å². The molecule has 0 spiro atoms. The molecule has 112 valence electrons. The van der Waals surface area contributed by atoms with Crippen molar-refractivity contribution in [2.24, 2.45) is 0 Å². The number of hydrogen-bond acceptors (Lipinski definition) is 5. The van der Waals surface area contributed by atoms with E-state index in [1.165, 1.54) is 0 Å². The van der Waals surface area contributed by atoms with Gasteiger partial charge in [-0.15, -0.1) is 10.2 Å². The minimum absolute atomic E-state index is 0.240. The Morgan fingerprint density at radius 2 is 2.33 bits per heavy atom. The van der Waals surface area contributed by atoms with Crippen LogP contribution in [0.5, 0.6) is 0 Å². The Morgan fingerprint density at radius 1 is 1.52 bits per heavy atom. The van der Waals surface area contributed by atoms with Crippen LogP contribution >= 0.6 is 23.4 Å². The third kappa shape index (κ3) is 4.18. The topological polar surface area (TPSA) is 83.6 Å². The van der Waals surface area contributed by atoms with Crippen molar-refractivity contribution in [1.29, 1.82) is 0 Å². The second-order valence-electron chi connectivity index (χ2n) is 4.56. The lowest BCUT2D eigenvalue weighted by Gasteiger charge is -2.15. The quantitative estimate of drug-likeness (QED) is 0.852. The molecular weight excluding hydrogens is 310 g/mol. The van der Waals surface area contributed by atoms with Gasteiger partial charge >= 0.3 is 0 Å². The van der Waals surface area contributed by atoms with Crippen LogP contribution in [0.4, 0.5) is 0 Å². The molecule has 0 saturated heterocycles. The molecule has 1 atom stereocenters. The van der Waals surface area contributed by atoms with E-state index in [4.69, 9.17) is 11.6 Å². The number of hydrogen-bond donors (Lipinski definition) is 2. The second-order valence-corrected chi connectivity index (χ2v) is 5.95. The molecule has 2 aromatic rings. The Labute approximate surface area is 132 Å². The number of halogens is 1. The molecule has 0 aliphatic rings. The van der Waals surface area contributed by atoms with Crippen LogP contribution in [0.3, 0.4) is 0 Å². The molecule has 0 aliphatic carbocycles. The fourth-order valence-electron chi connectivity index (χ4n) is 1.86.